The number of ether oxygens (including phenoxy) is 2. The second kappa shape index (κ2) is 4.86. The molecule has 2 fully saturated rings. The number of morpholine rings is 1. The van der Waals surface area contributed by atoms with Crippen LogP contribution in [0.4, 0.5) is 10.5 Å². The van der Waals surface area contributed by atoms with Crippen LogP contribution in [0.15, 0.2) is 24.3 Å². The molecule has 0 aliphatic carbocycles. The number of cyclic esters (lactones) is 1. The molecule has 1 amide bonds. The van der Waals surface area contributed by atoms with Gasteiger partial charge in [0.25, 0.3) is 0 Å². The van der Waals surface area contributed by atoms with Gasteiger partial charge in [0.15, 0.2) is 0 Å². The normalized spacial score (nSPS) is 23.7. The first kappa shape index (κ1) is 11.3. The fourth-order valence-corrected chi connectivity index (χ4v) is 2.30. The van der Waals surface area contributed by atoms with Crippen LogP contribution in [0.25, 0.3) is 0 Å². The lowest BCUT2D eigenvalue weighted by atomic mass is 10.1. The Bertz CT molecular complexity index is 426. The Morgan fingerprint density at radius 1 is 1.17 bits per heavy atom. The second-order valence-corrected chi connectivity index (χ2v) is 4.49. The quantitative estimate of drug-likeness (QED) is 0.857. The highest BCUT2D eigenvalue weighted by atomic mass is 16.6. The predicted octanol–water partition coefficient (Wildman–Crippen LogP) is 1.30. The average molecular weight is 248 g/mol. The number of alkyl carbamates (subject to hydrolysis) is 1. The van der Waals surface area contributed by atoms with E-state index < -0.39 is 0 Å². The summed E-state index contributed by atoms with van der Waals surface area (Å²) in [5.41, 5.74) is 2.28. The lowest BCUT2D eigenvalue weighted by Gasteiger charge is -2.29. The van der Waals surface area contributed by atoms with Crippen molar-refractivity contribution in [1.82, 2.24) is 5.32 Å². The zero-order chi connectivity index (χ0) is 12.4. The van der Waals surface area contributed by atoms with E-state index in [-0.39, 0.29) is 12.1 Å². The molecule has 2 heterocycles. The van der Waals surface area contributed by atoms with Crippen molar-refractivity contribution in [2.45, 2.75) is 6.04 Å². The summed E-state index contributed by atoms with van der Waals surface area (Å²) in [6.07, 6.45) is -0.336. The van der Waals surface area contributed by atoms with Crippen LogP contribution in [-0.2, 0) is 9.47 Å². The molecule has 96 valence electrons. The third-order valence-corrected chi connectivity index (χ3v) is 3.34. The van der Waals surface area contributed by atoms with Crippen LogP contribution in [0, 0.1) is 0 Å². The van der Waals surface area contributed by atoms with Crippen LogP contribution in [0.5, 0.6) is 0 Å². The number of nitrogens with one attached hydrogen (secondary N) is 1. The van der Waals surface area contributed by atoms with E-state index in [0.29, 0.717) is 6.61 Å². The standard InChI is InChI=1S/C13H16N2O3/c16-13-14-12(9-18-13)10-1-3-11(4-2-10)15-5-7-17-8-6-15/h1-4,12H,5-9H2,(H,14,16). The number of amides is 1. The van der Waals surface area contributed by atoms with Crippen molar-refractivity contribution in [2.75, 3.05) is 37.8 Å². The fourth-order valence-electron chi connectivity index (χ4n) is 2.30. The number of nitrogens with zero attached hydrogens (tertiary/aromatic N) is 1. The monoisotopic (exact) mass is 248 g/mol. The maximum Gasteiger partial charge on any atom is 0.407 e. The van der Waals surface area contributed by atoms with Crippen LogP contribution in [0.2, 0.25) is 0 Å². The van der Waals surface area contributed by atoms with Crippen molar-refractivity contribution in [3.63, 3.8) is 0 Å². The Morgan fingerprint density at radius 3 is 2.50 bits per heavy atom. The molecule has 2 saturated heterocycles. The molecule has 3 rings (SSSR count). The number of rotatable bonds is 2. The first-order valence-corrected chi connectivity index (χ1v) is 6.19. The molecule has 5 nitrogen and oxygen atoms in total. The van der Waals surface area contributed by atoms with E-state index in [4.69, 9.17) is 9.47 Å². The summed E-state index contributed by atoms with van der Waals surface area (Å²) >= 11 is 0. The minimum Gasteiger partial charge on any atom is -0.447 e. The molecule has 0 spiro atoms. The Kier molecular flexibility index (Phi) is 3.06. The molecule has 1 atom stereocenters. The van der Waals surface area contributed by atoms with Gasteiger partial charge in [0.2, 0.25) is 0 Å². The molecule has 1 aromatic carbocycles. The number of benzene rings is 1. The smallest absolute Gasteiger partial charge is 0.407 e. The lowest BCUT2D eigenvalue weighted by Crippen LogP contribution is -2.36. The number of anilines is 1. The zero-order valence-electron chi connectivity index (χ0n) is 10.1. The third kappa shape index (κ3) is 2.26. The van der Waals surface area contributed by atoms with Crippen molar-refractivity contribution in [1.29, 1.82) is 0 Å². The van der Waals surface area contributed by atoms with E-state index in [1.54, 1.807) is 0 Å². The van der Waals surface area contributed by atoms with Crippen molar-refractivity contribution in [3.05, 3.63) is 29.8 Å². The van der Waals surface area contributed by atoms with Gasteiger partial charge in [-0.3, -0.25) is 0 Å². The minimum atomic E-state index is -0.336. The average Bonchev–Trinajstić information content (AvgIpc) is 2.87. The summed E-state index contributed by atoms with van der Waals surface area (Å²) in [4.78, 5) is 13.3. The van der Waals surface area contributed by atoms with Gasteiger partial charge in [0, 0.05) is 18.8 Å². The van der Waals surface area contributed by atoms with E-state index in [9.17, 15) is 4.79 Å². The van der Waals surface area contributed by atoms with Crippen LogP contribution in [0.3, 0.4) is 0 Å². The molecule has 0 aromatic heterocycles. The molecule has 0 saturated carbocycles. The van der Waals surface area contributed by atoms with Gasteiger partial charge in [0.05, 0.1) is 19.3 Å². The van der Waals surface area contributed by atoms with Crippen LogP contribution < -0.4 is 10.2 Å². The SMILES string of the molecule is O=C1NC(c2ccc(N3CCOCC3)cc2)CO1. The Morgan fingerprint density at radius 2 is 1.89 bits per heavy atom. The maximum atomic E-state index is 11.0. The molecule has 0 radical (unpaired) electrons. The number of carbonyl (C=O) groups excluding carboxylic acids is 1. The highest BCUT2D eigenvalue weighted by Crippen LogP contribution is 2.22. The fraction of sp³-hybridized carbons (Fsp3) is 0.462. The number of hydrogen-bond donors (Lipinski definition) is 1. The van der Waals surface area contributed by atoms with Crippen molar-refractivity contribution in [3.8, 4) is 0 Å². The van der Waals surface area contributed by atoms with Crippen LogP contribution >= 0.6 is 0 Å². The molecular weight excluding hydrogens is 232 g/mol. The van der Waals surface area contributed by atoms with Gasteiger partial charge in [-0.05, 0) is 17.7 Å². The maximum absolute atomic E-state index is 11.0. The number of carbonyl (C=O) groups is 1. The minimum absolute atomic E-state index is 0.0174. The van der Waals surface area contributed by atoms with Gasteiger partial charge in [-0.15, -0.1) is 0 Å². The first-order chi connectivity index (χ1) is 8.83. The highest BCUT2D eigenvalue weighted by molar-refractivity contribution is 5.70. The molecule has 5 heteroatoms. The Labute approximate surface area is 106 Å². The van der Waals surface area contributed by atoms with E-state index in [1.807, 2.05) is 12.1 Å². The van der Waals surface area contributed by atoms with Gasteiger partial charge in [-0.2, -0.15) is 0 Å². The summed E-state index contributed by atoms with van der Waals surface area (Å²) in [6.45, 7) is 3.85. The van der Waals surface area contributed by atoms with Crippen molar-refractivity contribution in [2.24, 2.45) is 0 Å². The molecule has 1 aromatic rings. The molecule has 2 aliphatic heterocycles. The van der Waals surface area contributed by atoms with Gasteiger partial charge in [0.1, 0.15) is 6.61 Å². The molecule has 0 bridgehead atoms. The highest BCUT2D eigenvalue weighted by Gasteiger charge is 2.23. The zero-order valence-corrected chi connectivity index (χ0v) is 10.1. The lowest BCUT2D eigenvalue weighted by molar-refractivity contribution is 0.122. The van der Waals surface area contributed by atoms with E-state index >= 15 is 0 Å². The summed E-state index contributed by atoms with van der Waals surface area (Å²) in [6, 6.07) is 8.25. The van der Waals surface area contributed by atoms with Crippen molar-refractivity contribution >= 4 is 11.8 Å². The molecule has 18 heavy (non-hydrogen) atoms. The largest absolute Gasteiger partial charge is 0.447 e. The van der Waals surface area contributed by atoms with Gasteiger partial charge >= 0.3 is 6.09 Å². The third-order valence-electron chi connectivity index (χ3n) is 3.34. The summed E-state index contributed by atoms with van der Waals surface area (Å²) in [7, 11) is 0. The Balaban J connectivity index is 1.70. The van der Waals surface area contributed by atoms with E-state index in [2.05, 4.69) is 22.3 Å². The topological polar surface area (TPSA) is 50.8 Å². The first-order valence-electron chi connectivity index (χ1n) is 6.19. The predicted molar refractivity (Wildman–Crippen MR) is 66.7 cm³/mol. The van der Waals surface area contributed by atoms with Crippen LogP contribution in [0.1, 0.15) is 11.6 Å². The summed E-state index contributed by atoms with van der Waals surface area (Å²) < 4.78 is 10.2. The van der Waals surface area contributed by atoms with Crippen molar-refractivity contribution < 1.29 is 14.3 Å². The Hall–Kier alpha value is -1.75. The second-order valence-electron chi connectivity index (χ2n) is 4.49. The van der Waals surface area contributed by atoms with Gasteiger partial charge in [-0.1, -0.05) is 12.1 Å². The van der Waals surface area contributed by atoms with Crippen LogP contribution in [-0.4, -0.2) is 39.0 Å². The molecule has 2 aliphatic rings. The van der Waals surface area contributed by atoms with Gasteiger partial charge < -0.3 is 19.7 Å². The van der Waals surface area contributed by atoms with E-state index in [1.165, 1.54) is 5.69 Å². The molecule has 1 unspecified atom stereocenters. The molecular formula is C13H16N2O3. The summed E-state index contributed by atoms with van der Waals surface area (Å²) in [5, 5.41) is 2.77. The van der Waals surface area contributed by atoms with Gasteiger partial charge in [-0.25, -0.2) is 4.79 Å². The number of hydrogen-bond acceptors (Lipinski definition) is 4. The van der Waals surface area contributed by atoms with E-state index in [0.717, 1.165) is 31.9 Å². The summed E-state index contributed by atoms with van der Waals surface area (Å²) in [5.74, 6) is 0. The molecule has 1 N–H and O–H groups in total.